The molecule has 4 atom stereocenters. The third-order valence-electron chi connectivity index (χ3n) is 6.52. The Kier molecular flexibility index (Phi) is 11.1. The Labute approximate surface area is 129 Å². The zero-order valence-corrected chi connectivity index (χ0v) is 14.7. The van der Waals surface area contributed by atoms with Gasteiger partial charge in [-0.15, -0.1) is 0 Å². The molecule has 0 aliphatic heterocycles. The van der Waals surface area contributed by atoms with Gasteiger partial charge in [0.2, 0.25) is 0 Å². The van der Waals surface area contributed by atoms with E-state index in [-0.39, 0.29) is 25.0 Å². The molecule has 0 bridgehead atoms. The Bertz CT molecular complexity index is 160. The molecule has 0 aromatic carbocycles. The minimum atomic E-state index is -0.250. The van der Waals surface area contributed by atoms with E-state index in [9.17, 15) is 0 Å². The van der Waals surface area contributed by atoms with E-state index in [1.807, 2.05) is 0 Å². The van der Waals surface area contributed by atoms with E-state index in [4.69, 9.17) is 0 Å². The molecule has 0 fully saturated rings. The molecule has 18 heavy (non-hydrogen) atoms. The molecule has 0 heterocycles. The molecule has 0 aliphatic rings. The summed E-state index contributed by atoms with van der Waals surface area (Å²) in [6.45, 7) is 19.6. The summed E-state index contributed by atoms with van der Waals surface area (Å²) in [6, 6.07) is 0. The van der Waals surface area contributed by atoms with Crippen LogP contribution < -0.4 is 18.9 Å². The van der Waals surface area contributed by atoms with Crippen molar-refractivity contribution in [2.24, 2.45) is 0 Å². The number of hydrogen-bond acceptors (Lipinski definition) is 0. The molecule has 4 unspecified atom stereocenters. The van der Waals surface area contributed by atoms with Crippen LogP contribution in [0.4, 0.5) is 0 Å². The van der Waals surface area contributed by atoms with Gasteiger partial charge in [-0.05, 0) is 0 Å². The van der Waals surface area contributed by atoms with Crippen molar-refractivity contribution in [3.63, 3.8) is 0 Å². The standard InChI is InChI=1S/C16H36B.Li/c1-9-13(5)17(14(6)10-2,15(7)11-3)16(8)12-4;/h13-16H,9-12H2,1-8H3;/q-1;+1. The average molecular weight is 246 g/mol. The van der Waals surface area contributed by atoms with Gasteiger partial charge in [0.05, 0.1) is 0 Å². The van der Waals surface area contributed by atoms with Crippen LogP contribution in [0.3, 0.4) is 0 Å². The van der Waals surface area contributed by atoms with Crippen LogP contribution in [0.1, 0.15) is 81.1 Å². The van der Waals surface area contributed by atoms with Gasteiger partial charge in [-0.1, -0.05) is 81.1 Å². The molecule has 0 aromatic rings. The Balaban J connectivity index is 0. The van der Waals surface area contributed by atoms with Gasteiger partial charge in [0.1, 0.15) is 0 Å². The first-order valence-electron chi connectivity index (χ1n) is 8.10. The smallest absolute Gasteiger partial charge is 0.169 e. The fraction of sp³-hybridized carbons (Fsp3) is 1.00. The van der Waals surface area contributed by atoms with Crippen LogP contribution >= 0.6 is 0 Å². The van der Waals surface area contributed by atoms with Crippen molar-refractivity contribution in [1.29, 1.82) is 0 Å². The third kappa shape index (κ3) is 3.83. The zero-order valence-electron chi connectivity index (χ0n) is 14.7. The van der Waals surface area contributed by atoms with Crippen LogP contribution in [-0.2, 0) is 0 Å². The quantitative estimate of drug-likeness (QED) is 0.573. The molecule has 0 nitrogen and oxygen atoms in total. The third-order valence-corrected chi connectivity index (χ3v) is 6.52. The second kappa shape index (κ2) is 9.55. The van der Waals surface area contributed by atoms with Gasteiger partial charge in [-0.3, -0.25) is 0 Å². The average Bonchev–Trinajstić information content (AvgIpc) is 2.37. The van der Waals surface area contributed by atoms with Crippen molar-refractivity contribution in [2.45, 2.75) is 104 Å². The van der Waals surface area contributed by atoms with Crippen LogP contribution in [0.5, 0.6) is 0 Å². The SMILES string of the molecule is CCC(C)[B-](C(C)CC)(C(C)CC)C(C)CC.[Li+]. The molecule has 0 radical (unpaired) electrons. The van der Waals surface area contributed by atoms with Crippen molar-refractivity contribution in [1.82, 2.24) is 0 Å². The van der Waals surface area contributed by atoms with E-state index in [2.05, 4.69) is 55.4 Å². The number of rotatable bonds is 8. The molecule has 0 aromatic heterocycles. The second-order valence-corrected chi connectivity index (χ2v) is 6.70. The van der Waals surface area contributed by atoms with Crippen LogP contribution in [0.25, 0.3) is 0 Å². The number of hydrogen-bond donors (Lipinski definition) is 0. The summed E-state index contributed by atoms with van der Waals surface area (Å²) in [7, 11) is 0. The molecular weight excluding hydrogens is 210 g/mol. The summed E-state index contributed by atoms with van der Waals surface area (Å²) < 4.78 is 0. The van der Waals surface area contributed by atoms with Crippen molar-refractivity contribution in [3.8, 4) is 0 Å². The molecular formula is C16H36BLi. The maximum atomic E-state index is 2.52. The first-order chi connectivity index (χ1) is 7.93. The summed E-state index contributed by atoms with van der Waals surface area (Å²) >= 11 is 0. The zero-order chi connectivity index (χ0) is 13.6. The van der Waals surface area contributed by atoms with Gasteiger partial charge in [0.15, 0.2) is 0 Å². The van der Waals surface area contributed by atoms with Gasteiger partial charge < -0.3 is 0 Å². The Morgan fingerprint density at radius 1 is 0.556 bits per heavy atom. The van der Waals surface area contributed by atoms with E-state index in [0.717, 1.165) is 23.3 Å². The summed E-state index contributed by atoms with van der Waals surface area (Å²) in [5.74, 6) is 3.59. The molecule has 0 saturated heterocycles. The van der Waals surface area contributed by atoms with Gasteiger partial charge in [0, 0.05) is 6.15 Å². The molecule has 0 aliphatic carbocycles. The minimum Gasteiger partial charge on any atom is -0.169 e. The summed E-state index contributed by atoms with van der Waals surface area (Å²) in [5.41, 5.74) is 0. The summed E-state index contributed by atoms with van der Waals surface area (Å²) in [5, 5.41) is 0. The predicted octanol–water partition coefficient (Wildman–Crippen LogP) is 3.64. The maximum Gasteiger partial charge on any atom is 1.00 e. The van der Waals surface area contributed by atoms with Gasteiger partial charge in [0.25, 0.3) is 0 Å². The van der Waals surface area contributed by atoms with Gasteiger partial charge in [-0.2, -0.15) is 23.3 Å². The molecule has 0 spiro atoms. The van der Waals surface area contributed by atoms with Crippen molar-refractivity contribution >= 4 is 6.15 Å². The fourth-order valence-electron chi connectivity index (χ4n) is 5.00. The first-order valence-corrected chi connectivity index (χ1v) is 8.10. The Hall–Kier alpha value is 0.662. The van der Waals surface area contributed by atoms with Crippen molar-refractivity contribution in [3.05, 3.63) is 0 Å². The van der Waals surface area contributed by atoms with Gasteiger partial charge in [-0.25, -0.2) is 0 Å². The van der Waals surface area contributed by atoms with Crippen LogP contribution in [0, 0.1) is 0 Å². The van der Waals surface area contributed by atoms with E-state index in [1.54, 1.807) is 0 Å². The van der Waals surface area contributed by atoms with E-state index in [0.29, 0.717) is 0 Å². The van der Waals surface area contributed by atoms with Crippen molar-refractivity contribution < 1.29 is 18.9 Å². The topological polar surface area (TPSA) is 0 Å². The van der Waals surface area contributed by atoms with Crippen LogP contribution in [0.2, 0.25) is 23.3 Å². The maximum absolute atomic E-state index is 2.52. The normalized spacial score (nSPS) is 21.3. The first kappa shape index (κ1) is 21.0. The minimum absolute atomic E-state index is 0. The van der Waals surface area contributed by atoms with E-state index < -0.39 is 0 Å². The molecule has 0 N–H and O–H groups in total. The molecule has 2 heteroatoms. The molecule has 0 saturated carbocycles. The molecule has 0 rings (SSSR count). The van der Waals surface area contributed by atoms with Gasteiger partial charge >= 0.3 is 18.9 Å². The summed E-state index contributed by atoms with van der Waals surface area (Å²) in [6.07, 6.45) is 5.14. The van der Waals surface area contributed by atoms with Crippen LogP contribution in [-0.4, -0.2) is 6.15 Å². The Morgan fingerprint density at radius 2 is 0.722 bits per heavy atom. The van der Waals surface area contributed by atoms with E-state index in [1.165, 1.54) is 25.7 Å². The summed E-state index contributed by atoms with van der Waals surface area (Å²) in [4.78, 5) is 0. The monoisotopic (exact) mass is 246 g/mol. The molecule has 104 valence electrons. The second-order valence-electron chi connectivity index (χ2n) is 6.70. The molecule has 0 amide bonds. The fourth-order valence-corrected chi connectivity index (χ4v) is 5.00. The van der Waals surface area contributed by atoms with Crippen LogP contribution in [0.15, 0.2) is 0 Å². The Morgan fingerprint density at radius 3 is 0.833 bits per heavy atom. The predicted molar refractivity (Wildman–Crippen MR) is 84.6 cm³/mol. The van der Waals surface area contributed by atoms with Crippen molar-refractivity contribution in [2.75, 3.05) is 0 Å². The largest absolute Gasteiger partial charge is 1.00 e. The van der Waals surface area contributed by atoms with E-state index >= 15 is 0 Å².